The molecule has 1 aliphatic rings. The van der Waals surface area contributed by atoms with Crippen molar-refractivity contribution in [1.82, 2.24) is 20.2 Å². The van der Waals surface area contributed by atoms with Crippen LogP contribution >= 0.6 is 0 Å². The van der Waals surface area contributed by atoms with Gasteiger partial charge >= 0.3 is 0 Å². The van der Waals surface area contributed by atoms with Crippen LogP contribution < -0.4 is 0 Å². The van der Waals surface area contributed by atoms with E-state index < -0.39 is 11.7 Å². The summed E-state index contributed by atoms with van der Waals surface area (Å²) in [4.78, 5) is 1.42. The van der Waals surface area contributed by atoms with Crippen LogP contribution in [0.4, 0.5) is 0 Å². The Morgan fingerprint density at radius 3 is 2.68 bits per heavy atom. The second-order valence-corrected chi connectivity index (χ2v) is 5.60. The molecule has 0 amide bonds. The quantitative estimate of drug-likeness (QED) is 0.865. The molecular formula is C13H24N4O2. The lowest BCUT2D eigenvalue weighted by atomic mass is 9.75. The van der Waals surface area contributed by atoms with Crippen LogP contribution in [-0.4, -0.2) is 43.6 Å². The first kappa shape index (κ1) is 14.4. The van der Waals surface area contributed by atoms with Gasteiger partial charge in [0.05, 0.1) is 18.8 Å². The molecule has 6 heteroatoms. The van der Waals surface area contributed by atoms with Gasteiger partial charge in [0.1, 0.15) is 0 Å². The van der Waals surface area contributed by atoms with E-state index >= 15 is 0 Å². The Balaban J connectivity index is 2.05. The van der Waals surface area contributed by atoms with Crippen molar-refractivity contribution in [3.8, 4) is 0 Å². The summed E-state index contributed by atoms with van der Waals surface area (Å²) in [6, 6.07) is 0. The Morgan fingerprint density at radius 1 is 1.47 bits per heavy atom. The highest BCUT2D eigenvalue weighted by atomic mass is 16.5. The van der Waals surface area contributed by atoms with Crippen molar-refractivity contribution >= 4 is 0 Å². The predicted molar refractivity (Wildman–Crippen MR) is 70.5 cm³/mol. The monoisotopic (exact) mass is 268 g/mol. The smallest absolute Gasteiger partial charge is 0.177 e. The number of rotatable bonds is 5. The first-order valence-electron chi connectivity index (χ1n) is 7.10. The molecule has 1 heterocycles. The van der Waals surface area contributed by atoms with Gasteiger partial charge in [0, 0.05) is 13.0 Å². The van der Waals surface area contributed by atoms with Gasteiger partial charge in [0.15, 0.2) is 5.82 Å². The number of aromatic nitrogens is 4. The summed E-state index contributed by atoms with van der Waals surface area (Å²) in [5, 5.41) is 22.4. The zero-order valence-electron chi connectivity index (χ0n) is 12.0. The Bertz CT molecular complexity index is 399. The fraction of sp³-hybridized carbons (Fsp3) is 0.923. The molecule has 0 spiro atoms. The van der Waals surface area contributed by atoms with Crippen LogP contribution in [-0.2, 0) is 18.2 Å². The summed E-state index contributed by atoms with van der Waals surface area (Å²) in [6.07, 6.45) is 3.86. The Labute approximate surface area is 114 Å². The lowest BCUT2D eigenvalue weighted by Crippen LogP contribution is -2.48. The average Bonchev–Trinajstić information content (AvgIpc) is 2.78. The average molecular weight is 268 g/mol. The van der Waals surface area contributed by atoms with Crippen molar-refractivity contribution in [3.63, 3.8) is 0 Å². The van der Waals surface area contributed by atoms with E-state index in [1.165, 1.54) is 4.80 Å². The van der Waals surface area contributed by atoms with E-state index in [1.807, 2.05) is 6.92 Å². The molecule has 0 saturated heterocycles. The van der Waals surface area contributed by atoms with Gasteiger partial charge in [-0.25, -0.2) is 0 Å². The Hall–Kier alpha value is -1.01. The van der Waals surface area contributed by atoms with Crippen molar-refractivity contribution in [3.05, 3.63) is 5.82 Å². The maximum absolute atomic E-state index is 10.6. The molecule has 6 nitrogen and oxygen atoms in total. The van der Waals surface area contributed by atoms with E-state index in [9.17, 15) is 5.11 Å². The summed E-state index contributed by atoms with van der Waals surface area (Å²) in [6.45, 7) is 4.86. The van der Waals surface area contributed by atoms with Gasteiger partial charge in [0.25, 0.3) is 0 Å². The van der Waals surface area contributed by atoms with Crippen LogP contribution in [0.3, 0.4) is 0 Å². The SMILES string of the molecule is CCOC1(C(O)Cc2nnn(C)n2)CCC(C)CC1. The zero-order chi connectivity index (χ0) is 13.9. The van der Waals surface area contributed by atoms with Gasteiger partial charge in [-0.2, -0.15) is 4.80 Å². The predicted octanol–water partition coefficient (Wildman–Crippen LogP) is 1.10. The van der Waals surface area contributed by atoms with E-state index in [0.717, 1.165) is 31.6 Å². The minimum atomic E-state index is -0.566. The van der Waals surface area contributed by atoms with Crippen LogP contribution in [0.2, 0.25) is 0 Å². The Morgan fingerprint density at radius 2 is 2.16 bits per heavy atom. The fourth-order valence-electron chi connectivity index (χ4n) is 2.88. The van der Waals surface area contributed by atoms with Crippen LogP contribution in [0.1, 0.15) is 45.4 Å². The van der Waals surface area contributed by atoms with Crippen LogP contribution in [0.25, 0.3) is 0 Å². The minimum Gasteiger partial charge on any atom is -0.390 e. The molecule has 0 aromatic carbocycles. The molecule has 1 N–H and O–H groups in total. The second kappa shape index (κ2) is 5.96. The molecular weight excluding hydrogens is 244 g/mol. The van der Waals surface area contributed by atoms with Gasteiger partial charge in [-0.1, -0.05) is 6.92 Å². The normalized spacial score (nSPS) is 29.4. The summed E-state index contributed by atoms with van der Waals surface area (Å²) in [5.41, 5.74) is -0.430. The molecule has 2 rings (SSSR count). The number of ether oxygens (including phenoxy) is 1. The number of aliphatic hydroxyl groups excluding tert-OH is 1. The third kappa shape index (κ3) is 3.30. The van der Waals surface area contributed by atoms with Gasteiger partial charge < -0.3 is 9.84 Å². The molecule has 1 saturated carbocycles. The third-order valence-electron chi connectivity index (χ3n) is 4.09. The molecule has 1 unspecified atom stereocenters. The molecule has 1 aliphatic carbocycles. The number of hydrogen-bond donors (Lipinski definition) is 1. The van der Waals surface area contributed by atoms with E-state index in [2.05, 4.69) is 22.3 Å². The molecule has 0 bridgehead atoms. The van der Waals surface area contributed by atoms with Crippen molar-refractivity contribution < 1.29 is 9.84 Å². The van der Waals surface area contributed by atoms with Gasteiger partial charge in [-0.05, 0) is 43.7 Å². The summed E-state index contributed by atoms with van der Waals surface area (Å²) in [7, 11) is 1.73. The first-order valence-corrected chi connectivity index (χ1v) is 7.10. The molecule has 19 heavy (non-hydrogen) atoms. The second-order valence-electron chi connectivity index (χ2n) is 5.60. The number of hydrogen-bond acceptors (Lipinski definition) is 5. The highest BCUT2D eigenvalue weighted by Crippen LogP contribution is 2.38. The summed E-state index contributed by atoms with van der Waals surface area (Å²) >= 11 is 0. The molecule has 1 aromatic heterocycles. The molecule has 1 aromatic rings. The van der Waals surface area contributed by atoms with Gasteiger partial charge in [0.2, 0.25) is 0 Å². The summed E-state index contributed by atoms with van der Waals surface area (Å²) in [5.74, 6) is 1.29. The molecule has 1 fully saturated rings. The van der Waals surface area contributed by atoms with Crippen molar-refractivity contribution in [2.75, 3.05) is 6.61 Å². The van der Waals surface area contributed by atoms with E-state index in [-0.39, 0.29) is 0 Å². The first-order chi connectivity index (χ1) is 9.05. The lowest BCUT2D eigenvalue weighted by Gasteiger charge is -2.42. The van der Waals surface area contributed by atoms with Crippen molar-refractivity contribution in [2.45, 2.75) is 57.7 Å². The molecule has 0 aliphatic heterocycles. The zero-order valence-corrected chi connectivity index (χ0v) is 12.0. The molecule has 0 radical (unpaired) electrons. The van der Waals surface area contributed by atoms with Gasteiger partial charge in [-0.3, -0.25) is 0 Å². The number of nitrogens with zero attached hydrogens (tertiary/aromatic N) is 4. The van der Waals surface area contributed by atoms with E-state index in [1.54, 1.807) is 7.05 Å². The summed E-state index contributed by atoms with van der Waals surface area (Å²) < 4.78 is 5.93. The molecule has 1 atom stereocenters. The maximum Gasteiger partial charge on any atom is 0.177 e. The lowest BCUT2D eigenvalue weighted by molar-refractivity contribution is -0.144. The minimum absolute atomic E-state index is 0.405. The largest absolute Gasteiger partial charge is 0.390 e. The fourth-order valence-corrected chi connectivity index (χ4v) is 2.88. The standard InChI is InChI=1S/C13H24N4O2/c1-4-19-13(7-5-10(2)6-8-13)11(18)9-12-14-16-17(3)15-12/h10-11,18H,4-9H2,1-3H3. The van der Waals surface area contributed by atoms with Crippen molar-refractivity contribution in [1.29, 1.82) is 0 Å². The topological polar surface area (TPSA) is 73.1 Å². The number of tetrazole rings is 1. The maximum atomic E-state index is 10.6. The third-order valence-corrected chi connectivity index (χ3v) is 4.09. The van der Waals surface area contributed by atoms with E-state index in [0.29, 0.717) is 18.9 Å². The van der Waals surface area contributed by atoms with Crippen LogP contribution in [0, 0.1) is 5.92 Å². The highest BCUT2D eigenvalue weighted by Gasteiger charge is 2.41. The van der Waals surface area contributed by atoms with E-state index in [4.69, 9.17) is 4.74 Å². The van der Waals surface area contributed by atoms with Crippen molar-refractivity contribution in [2.24, 2.45) is 13.0 Å². The highest BCUT2D eigenvalue weighted by molar-refractivity contribution is 4.97. The van der Waals surface area contributed by atoms with Crippen LogP contribution in [0.15, 0.2) is 0 Å². The number of aliphatic hydroxyl groups is 1. The number of aryl methyl sites for hydroxylation is 1. The van der Waals surface area contributed by atoms with Crippen LogP contribution in [0.5, 0.6) is 0 Å². The Kier molecular flexibility index (Phi) is 4.52. The van der Waals surface area contributed by atoms with Gasteiger partial charge in [-0.15, -0.1) is 10.2 Å². The molecule has 108 valence electrons.